The summed E-state index contributed by atoms with van der Waals surface area (Å²) in [5, 5.41) is 17.8. The molecule has 1 aromatic carbocycles. The van der Waals surface area contributed by atoms with E-state index in [0.717, 1.165) is 32.5 Å². The lowest BCUT2D eigenvalue weighted by atomic mass is 9.89. The van der Waals surface area contributed by atoms with Crippen molar-refractivity contribution in [2.24, 2.45) is 5.92 Å². The number of rotatable bonds is 5. The van der Waals surface area contributed by atoms with Gasteiger partial charge in [-0.15, -0.1) is 0 Å². The first-order valence-corrected chi connectivity index (χ1v) is 8.27. The van der Waals surface area contributed by atoms with Crippen LogP contribution in [0.2, 0.25) is 0 Å². The molecule has 3 nitrogen and oxygen atoms in total. The SMILES string of the molecule is N#CCC[C@@H](C#N)CN1CCC(c2ccccc2Br)CC1. The van der Waals surface area contributed by atoms with E-state index >= 15 is 0 Å². The zero-order valence-electron chi connectivity index (χ0n) is 12.1. The summed E-state index contributed by atoms with van der Waals surface area (Å²) in [7, 11) is 0. The third-order valence-corrected chi connectivity index (χ3v) is 4.92. The summed E-state index contributed by atoms with van der Waals surface area (Å²) in [4.78, 5) is 2.37. The summed E-state index contributed by atoms with van der Waals surface area (Å²) in [5.74, 6) is 0.598. The van der Waals surface area contributed by atoms with Gasteiger partial charge in [-0.2, -0.15) is 10.5 Å². The van der Waals surface area contributed by atoms with E-state index in [-0.39, 0.29) is 5.92 Å². The maximum Gasteiger partial charge on any atom is 0.0669 e. The minimum atomic E-state index is -0.00957. The highest BCUT2D eigenvalue weighted by molar-refractivity contribution is 9.10. The van der Waals surface area contributed by atoms with Gasteiger partial charge in [-0.3, -0.25) is 0 Å². The molecule has 0 N–H and O–H groups in total. The third-order valence-electron chi connectivity index (χ3n) is 4.20. The lowest BCUT2D eigenvalue weighted by molar-refractivity contribution is 0.193. The van der Waals surface area contributed by atoms with Gasteiger partial charge in [-0.25, -0.2) is 0 Å². The second kappa shape index (κ2) is 8.17. The van der Waals surface area contributed by atoms with Crippen molar-refractivity contribution in [1.29, 1.82) is 10.5 Å². The molecule has 0 unspecified atom stereocenters. The standard InChI is InChI=1S/C17H20BrN3/c18-17-6-2-1-5-16(17)15-7-10-21(11-8-15)13-14(12-20)4-3-9-19/h1-2,5-6,14-15H,3-4,7-8,10-11,13H2/t14-/m0/s1. The first-order valence-electron chi connectivity index (χ1n) is 7.48. The molecule has 1 heterocycles. The Bertz CT molecular complexity index is 536. The van der Waals surface area contributed by atoms with Gasteiger partial charge in [0.1, 0.15) is 0 Å². The van der Waals surface area contributed by atoms with Crippen molar-refractivity contribution in [2.75, 3.05) is 19.6 Å². The number of piperidine rings is 1. The Morgan fingerprint density at radius 2 is 1.95 bits per heavy atom. The number of hydrogen-bond acceptors (Lipinski definition) is 3. The highest BCUT2D eigenvalue weighted by Gasteiger charge is 2.23. The Morgan fingerprint density at radius 3 is 2.57 bits per heavy atom. The molecule has 0 saturated carbocycles. The average molecular weight is 346 g/mol. The topological polar surface area (TPSA) is 50.8 Å². The highest BCUT2D eigenvalue weighted by Crippen LogP contribution is 2.33. The Labute approximate surface area is 135 Å². The number of halogens is 1. The zero-order chi connectivity index (χ0) is 15.1. The minimum absolute atomic E-state index is 0.00957. The van der Waals surface area contributed by atoms with Crippen molar-refractivity contribution in [1.82, 2.24) is 4.90 Å². The molecule has 1 fully saturated rings. The molecule has 0 aliphatic carbocycles. The van der Waals surface area contributed by atoms with E-state index in [1.54, 1.807) is 0 Å². The maximum atomic E-state index is 9.16. The fourth-order valence-electron chi connectivity index (χ4n) is 2.98. The summed E-state index contributed by atoms with van der Waals surface area (Å²) in [6.07, 6.45) is 3.45. The summed E-state index contributed by atoms with van der Waals surface area (Å²) in [6, 6.07) is 12.9. The summed E-state index contributed by atoms with van der Waals surface area (Å²) in [5.41, 5.74) is 1.40. The van der Waals surface area contributed by atoms with Gasteiger partial charge in [-0.05, 0) is 49.9 Å². The first-order chi connectivity index (χ1) is 10.2. The van der Waals surface area contributed by atoms with E-state index in [4.69, 9.17) is 10.5 Å². The van der Waals surface area contributed by atoms with Crippen molar-refractivity contribution >= 4 is 15.9 Å². The summed E-state index contributed by atoms with van der Waals surface area (Å²) < 4.78 is 1.20. The van der Waals surface area contributed by atoms with E-state index in [9.17, 15) is 0 Å². The monoisotopic (exact) mass is 345 g/mol. The van der Waals surface area contributed by atoms with Crippen LogP contribution in [0, 0.1) is 28.6 Å². The molecule has 1 atom stereocenters. The third kappa shape index (κ3) is 4.56. The first kappa shape index (κ1) is 16.0. The van der Waals surface area contributed by atoms with Gasteiger partial charge in [0.25, 0.3) is 0 Å². The van der Waals surface area contributed by atoms with Gasteiger partial charge in [0.2, 0.25) is 0 Å². The number of nitrogens with zero attached hydrogens (tertiary/aromatic N) is 3. The Morgan fingerprint density at radius 1 is 1.24 bits per heavy atom. The van der Waals surface area contributed by atoms with E-state index in [1.807, 2.05) is 0 Å². The van der Waals surface area contributed by atoms with E-state index in [2.05, 4.69) is 57.2 Å². The van der Waals surface area contributed by atoms with Gasteiger partial charge in [0.05, 0.1) is 18.1 Å². The van der Waals surface area contributed by atoms with Gasteiger partial charge in [0, 0.05) is 17.4 Å². The molecular formula is C17H20BrN3. The predicted octanol–water partition coefficient (Wildman–Crippen LogP) is 4.07. The Hall–Kier alpha value is -1.36. The quantitative estimate of drug-likeness (QED) is 0.807. The number of likely N-dealkylation sites (tertiary alicyclic amines) is 1. The lowest BCUT2D eigenvalue weighted by Gasteiger charge is -2.33. The fourth-order valence-corrected chi connectivity index (χ4v) is 3.59. The molecule has 1 aromatic rings. The van der Waals surface area contributed by atoms with Crippen molar-refractivity contribution < 1.29 is 0 Å². The molecule has 21 heavy (non-hydrogen) atoms. The van der Waals surface area contributed by atoms with Crippen LogP contribution in [-0.2, 0) is 0 Å². The fraction of sp³-hybridized carbons (Fsp3) is 0.529. The van der Waals surface area contributed by atoms with Crippen LogP contribution in [0.3, 0.4) is 0 Å². The van der Waals surface area contributed by atoms with Crippen LogP contribution in [0.25, 0.3) is 0 Å². The van der Waals surface area contributed by atoms with Gasteiger partial charge < -0.3 is 4.90 Å². The minimum Gasteiger partial charge on any atom is -0.302 e. The van der Waals surface area contributed by atoms with Crippen LogP contribution in [0.5, 0.6) is 0 Å². The molecule has 1 aliphatic rings. The summed E-state index contributed by atoms with van der Waals surface area (Å²) in [6.45, 7) is 2.88. The Balaban J connectivity index is 1.85. The number of nitriles is 2. The van der Waals surface area contributed by atoms with Crippen LogP contribution in [0.4, 0.5) is 0 Å². The smallest absolute Gasteiger partial charge is 0.0669 e. The zero-order valence-corrected chi connectivity index (χ0v) is 13.7. The molecule has 4 heteroatoms. The lowest BCUT2D eigenvalue weighted by Crippen LogP contribution is -2.36. The molecule has 0 radical (unpaired) electrons. The highest BCUT2D eigenvalue weighted by atomic mass is 79.9. The molecule has 2 rings (SSSR count). The summed E-state index contributed by atoms with van der Waals surface area (Å²) >= 11 is 3.64. The number of hydrogen-bond donors (Lipinski definition) is 0. The second-order valence-electron chi connectivity index (χ2n) is 5.62. The van der Waals surface area contributed by atoms with E-state index in [0.29, 0.717) is 18.8 Å². The van der Waals surface area contributed by atoms with Crippen LogP contribution in [-0.4, -0.2) is 24.5 Å². The van der Waals surface area contributed by atoms with Crippen molar-refractivity contribution in [2.45, 2.75) is 31.6 Å². The Kier molecular flexibility index (Phi) is 6.23. The largest absolute Gasteiger partial charge is 0.302 e. The van der Waals surface area contributed by atoms with E-state index in [1.165, 1.54) is 10.0 Å². The molecule has 0 bridgehead atoms. The molecule has 0 amide bonds. The molecule has 1 aliphatic heterocycles. The van der Waals surface area contributed by atoms with Crippen molar-refractivity contribution in [3.63, 3.8) is 0 Å². The van der Waals surface area contributed by atoms with Crippen LogP contribution in [0.1, 0.15) is 37.2 Å². The molecule has 0 spiro atoms. The van der Waals surface area contributed by atoms with Crippen LogP contribution in [0.15, 0.2) is 28.7 Å². The molecule has 1 saturated heterocycles. The van der Waals surface area contributed by atoms with Gasteiger partial charge >= 0.3 is 0 Å². The molecule has 110 valence electrons. The predicted molar refractivity (Wildman–Crippen MR) is 86.5 cm³/mol. The van der Waals surface area contributed by atoms with Crippen molar-refractivity contribution in [3.8, 4) is 12.1 Å². The van der Waals surface area contributed by atoms with Gasteiger partial charge in [-0.1, -0.05) is 34.1 Å². The maximum absolute atomic E-state index is 9.16. The van der Waals surface area contributed by atoms with E-state index < -0.39 is 0 Å². The second-order valence-corrected chi connectivity index (χ2v) is 6.47. The normalized spacial score (nSPS) is 17.9. The van der Waals surface area contributed by atoms with Gasteiger partial charge in [0.15, 0.2) is 0 Å². The molecule has 0 aromatic heterocycles. The average Bonchev–Trinajstić information content (AvgIpc) is 2.52. The van der Waals surface area contributed by atoms with Crippen LogP contribution >= 0.6 is 15.9 Å². The number of benzene rings is 1. The molecular weight excluding hydrogens is 326 g/mol. The van der Waals surface area contributed by atoms with Crippen LogP contribution < -0.4 is 0 Å². The van der Waals surface area contributed by atoms with Crippen molar-refractivity contribution in [3.05, 3.63) is 34.3 Å².